The summed E-state index contributed by atoms with van der Waals surface area (Å²) in [5, 5.41) is 2.04. The van der Waals surface area contributed by atoms with E-state index < -0.39 is 18.0 Å². The van der Waals surface area contributed by atoms with Crippen molar-refractivity contribution in [1.82, 2.24) is 10.3 Å². The second-order valence-electron chi connectivity index (χ2n) is 3.87. The first kappa shape index (κ1) is 17.6. The largest absolute Gasteiger partial charge is 0.448 e. The molecule has 1 atom stereocenters. The number of carbonyl (C=O) groups excluding carboxylic acids is 2. The first-order valence-electron chi connectivity index (χ1n) is 5.69. The fourth-order valence-corrected chi connectivity index (χ4v) is 1.84. The topological polar surface area (TPSA) is 94.3 Å². The van der Waals surface area contributed by atoms with Crippen LogP contribution in [0, 0.1) is 0 Å². The lowest BCUT2D eigenvalue weighted by Gasteiger charge is -2.14. The number of pyridine rings is 1. The number of halogens is 3. The lowest BCUT2D eigenvalue weighted by atomic mass is 10.3. The number of hydrogen-bond acceptors (Lipinski definition) is 5. The molecule has 21 heavy (non-hydrogen) atoms. The highest BCUT2D eigenvalue weighted by molar-refractivity contribution is 6.46. The molecule has 0 aliphatic rings. The van der Waals surface area contributed by atoms with Crippen LogP contribution < -0.4 is 11.1 Å². The molecule has 0 aromatic carbocycles. The highest BCUT2D eigenvalue weighted by atomic mass is 35.5. The number of aromatic nitrogens is 1. The number of carbonyl (C=O) groups is 2. The number of anilines is 1. The van der Waals surface area contributed by atoms with E-state index in [9.17, 15) is 9.59 Å². The van der Waals surface area contributed by atoms with E-state index in [0.29, 0.717) is 0 Å². The Hall–Kier alpha value is -1.50. The Morgan fingerprint density at radius 3 is 2.62 bits per heavy atom. The van der Waals surface area contributed by atoms with Crippen LogP contribution in [0.2, 0.25) is 15.2 Å². The zero-order chi connectivity index (χ0) is 16.2. The van der Waals surface area contributed by atoms with Gasteiger partial charge in [-0.2, -0.15) is 0 Å². The van der Waals surface area contributed by atoms with Crippen molar-refractivity contribution in [1.29, 1.82) is 0 Å². The molecular weight excluding hydrogens is 341 g/mol. The normalized spacial score (nSPS) is 11.6. The summed E-state index contributed by atoms with van der Waals surface area (Å²) in [6.07, 6.45) is 0.441. The molecule has 3 N–H and O–H groups in total. The van der Waals surface area contributed by atoms with Crippen LogP contribution in [0.3, 0.4) is 0 Å². The predicted molar refractivity (Wildman–Crippen MR) is 81.8 cm³/mol. The van der Waals surface area contributed by atoms with Crippen LogP contribution in [0.1, 0.15) is 17.4 Å². The molecule has 9 heteroatoms. The number of esters is 1. The molecule has 0 saturated carbocycles. The number of nitrogen functional groups attached to an aromatic ring is 1. The molecule has 1 heterocycles. The van der Waals surface area contributed by atoms with Gasteiger partial charge in [0.05, 0.1) is 10.7 Å². The minimum atomic E-state index is -1.05. The highest BCUT2D eigenvalue weighted by Gasteiger charge is 2.24. The minimum absolute atomic E-state index is 0.0602. The van der Waals surface area contributed by atoms with Crippen LogP contribution >= 0.6 is 34.8 Å². The van der Waals surface area contributed by atoms with Crippen LogP contribution in [0.5, 0.6) is 0 Å². The molecule has 0 aliphatic heterocycles. The summed E-state index contributed by atoms with van der Waals surface area (Å²) in [7, 11) is 0. The summed E-state index contributed by atoms with van der Waals surface area (Å²) >= 11 is 17.3. The number of nitrogens with two attached hydrogens (primary N) is 1. The fraction of sp³-hybridized carbons (Fsp3) is 0.250. The average molecular weight is 353 g/mol. The molecule has 0 unspecified atom stereocenters. The summed E-state index contributed by atoms with van der Waals surface area (Å²) in [4.78, 5) is 27.2. The van der Waals surface area contributed by atoms with E-state index in [1.54, 1.807) is 0 Å². The quantitative estimate of drug-likeness (QED) is 0.482. The van der Waals surface area contributed by atoms with E-state index in [0.717, 1.165) is 0 Å². The van der Waals surface area contributed by atoms with Crippen molar-refractivity contribution in [3.8, 4) is 0 Å². The molecule has 0 saturated heterocycles. The molecule has 0 spiro atoms. The van der Waals surface area contributed by atoms with Crippen molar-refractivity contribution in [3.05, 3.63) is 33.5 Å². The maximum absolute atomic E-state index is 11.9. The molecule has 1 amide bonds. The Morgan fingerprint density at radius 2 is 2.05 bits per heavy atom. The van der Waals surface area contributed by atoms with Crippen molar-refractivity contribution >= 4 is 52.4 Å². The van der Waals surface area contributed by atoms with Gasteiger partial charge in [-0.15, -0.1) is 6.58 Å². The Labute approximate surface area is 136 Å². The zero-order valence-electron chi connectivity index (χ0n) is 11.0. The number of amides is 1. The fourth-order valence-electron chi connectivity index (χ4n) is 1.25. The third-order valence-corrected chi connectivity index (χ3v) is 3.47. The molecule has 1 rings (SSSR count). The van der Waals surface area contributed by atoms with Gasteiger partial charge in [0.15, 0.2) is 17.0 Å². The number of ether oxygens (including phenoxy) is 1. The van der Waals surface area contributed by atoms with Crippen molar-refractivity contribution in [2.45, 2.75) is 13.0 Å². The van der Waals surface area contributed by atoms with Gasteiger partial charge in [-0.25, -0.2) is 9.78 Å². The van der Waals surface area contributed by atoms with Gasteiger partial charge in [-0.3, -0.25) is 4.79 Å². The van der Waals surface area contributed by atoms with Crippen LogP contribution in [-0.4, -0.2) is 29.5 Å². The van der Waals surface area contributed by atoms with Crippen molar-refractivity contribution < 1.29 is 14.3 Å². The molecule has 0 aliphatic carbocycles. The number of nitrogens with one attached hydrogen (secondary N) is 1. The van der Waals surface area contributed by atoms with E-state index in [1.807, 2.05) is 0 Å². The molecule has 114 valence electrons. The second kappa shape index (κ2) is 7.49. The van der Waals surface area contributed by atoms with Gasteiger partial charge in [0.25, 0.3) is 5.91 Å². The number of rotatable bonds is 5. The summed E-state index contributed by atoms with van der Waals surface area (Å²) < 4.78 is 4.94. The zero-order valence-corrected chi connectivity index (χ0v) is 13.2. The van der Waals surface area contributed by atoms with Crippen LogP contribution in [0.15, 0.2) is 12.7 Å². The van der Waals surface area contributed by atoms with Gasteiger partial charge in [0, 0.05) is 6.54 Å². The first-order chi connectivity index (χ1) is 9.79. The predicted octanol–water partition coefficient (Wildman–Crippen LogP) is 2.47. The number of nitrogens with zero attached hydrogens (tertiary/aromatic N) is 1. The van der Waals surface area contributed by atoms with E-state index in [4.69, 9.17) is 45.3 Å². The Bertz CT molecular complexity index is 593. The summed E-state index contributed by atoms with van der Waals surface area (Å²) in [5.74, 6) is -1.43. The van der Waals surface area contributed by atoms with Crippen molar-refractivity contribution in [3.63, 3.8) is 0 Å². The Morgan fingerprint density at radius 1 is 1.43 bits per heavy atom. The van der Waals surface area contributed by atoms with Crippen molar-refractivity contribution in [2.75, 3.05) is 12.3 Å². The summed E-state index contributed by atoms with van der Waals surface area (Å²) in [5.41, 5.74) is 5.19. The molecule has 0 radical (unpaired) electrons. The monoisotopic (exact) mass is 351 g/mol. The molecule has 0 bridgehead atoms. The van der Waals surface area contributed by atoms with Crippen LogP contribution in [-0.2, 0) is 9.53 Å². The van der Waals surface area contributed by atoms with Crippen LogP contribution in [0.25, 0.3) is 0 Å². The minimum Gasteiger partial charge on any atom is -0.448 e. The maximum Gasteiger partial charge on any atom is 0.359 e. The third kappa shape index (κ3) is 4.23. The Kier molecular flexibility index (Phi) is 6.26. The summed E-state index contributed by atoms with van der Waals surface area (Å²) in [6, 6.07) is 0. The molecular formula is C12H12Cl3N3O3. The Balaban J connectivity index is 2.90. The van der Waals surface area contributed by atoms with Crippen LogP contribution in [0.4, 0.5) is 5.69 Å². The van der Waals surface area contributed by atoms with Gasteiger partial charge >= 0.3 is 5.97 Å². The number of hydrogen-bond donors (Lipinski definition) is 2. The molecule has 1 aromatic rings. The van der Waals surface area contributed by atoms with E-state index in [2.05, 4.69) is 16.9 Å². The molecule has 1 aromatic heterocycles. The highest BCUT2D eigenvalue weighted by Crippen LogP contribution is 2.34. The lowest BCUT2D eigenvalue weighted by molar-refractivity contribution is -0.128. The molecule has 0 fully saturated rings. The lowest BCUT2D eigenvalue weighted by Crippen LogP contribution is -2.36. The van der Waals surface area contributed by atoms with Gasteiger partial charge < -0.3 is 15.8 Å². The average Bonchev–Trinajstić information content (AvgIpc) is 2.45. The van der Waals surface area contributed by atoms with E-state index in [1.165, 1.54) is 13.0 Å². The SMILES string of the molecule is C=CCNC(=O)[C@@H](C)OC(=O)c1nc(Cl)c(Cl)c(N)c1Cl. The van der Waals surface area contributed by atoms with E-state index in [-0.39, 0.29) is 33.1 Å². The van der Waals surface area contributed by atoms with E-state index >= 15 is 0 Å². The van der Waals surface area contributed by atoms with Gasteiger partial charge in [-0.05, 0) is 6.92 Å². The van der Waals surface area contributed by atoms with Crippen molar-refractivity contribution in [2.24, 2.45) is 0 Å². The standard InChI is InChI=1S/C12H12Cl3N3O3/c1-3-4-17-11(19)5(2)21-12(20)9-6(13)8(16)7(14)10(15)18-9/h3,5H,1,4H2,2H3,(H2,16,18)(H,17,19)/t5-/m1/s1. The first-order valence-corrected chi connectivity index (χ1v) is 6.82. The second-order valence-corrected chi connectivity index (χ2v) is 4.99. The third-order valence-electron chi connectivity index (χ3n) is 2.34. The van der Waals surface area contributed by atoms with Gasteiger partial charge in [-0.1, -0.05) is 40.9 Å². The van der Waals surface area contributed by atoms with Gasteiger partial charge in [0.2, 0.25) is 0 Å². The maximum atomic E-state index is 11.9. The summed E-state index contributed by atoms with van der Waals surface area (Å²) in [6.45, 7) is 5.09. The smallest absolute Gasteiger partial charge is 0.359 e. The molecule has 6 nitrogen and oxygen atoms in total. The van der Waals surface area contributed by atoms with Gasteiger partial charge in [0.1, 0.15) is 5.02 Å².